The molecule has 4 heteroatoms. The van der Waals surface area contributed by atoms with Crippen molar-refractivity contribution >= 4 is 45.3 Å². The lowest BCUT2D eigenvalue weighted by molar-refractivity contribution is 0.629. The molecule has 0 saturated heterocycles. The Morgan fingerprint density at radius 2 is 1.27 bits per heavy atom. The second-order valence-electron chi connectivity index (χ2n) is 6.41. The van der Waals surface area contributed by atoms with Gasteiger partial charge in [-0.15, -0.1) is 45.3 Å². The summed E-state index contributed by atoms with van der Waals surface area (Å²) in [6.07, 6.45) is 5.16. The lowest BCUT2D eigenvalue weighted by Gasteiger charge is -2.13. The van der Waals surface area contributed by atoms with Crippen LogP contribution in [0.2, 0.25) is 0 Å². The van der Waals surface area contributed by atoms with E-state index in [1.54, 1.807) is 0 Å². The Morgan fingerprint density at radius 3 is 1.73 bits per heavy atom. The van der Waals surface area contributed by atoms with Gasteiger partial charge < -0.3 is 0 Å². The average molecular weight is 415 g/mol. The Bertz CT molecular complexity index is 837. The first kappa shape index (κ1) is 18.2. The van der Waals surface area contributed by atoms with E-state index in [1.165, 1.54) is 54.9 Å². The minimum Gasteiger partial charge on any atom is -0.143 e. The van der Waals surface area contributed by atoms with Crippen LogP contribution in [0.1, 0.15) is 48.3 Å². The second kappa shape index (κ2) is 8.66. The van der Waals surface area contributed by atoms with Crippen LogP contribution in [-0.4, -0.2) is 0 Å². The van der Waals surface area contributed by atoms with Gasteiger partial charge in [-0.25, -0.2) is 0 Å². The lowest BCUT2D eigenvalue weighted by atomic mass is 9.98. The van der Waals surface area contributed by atoms with Gasteiger partial charge in [-0.05, 0) is 53.6 Å². The molecular weight excluding hydrogens is 393 g/mol. The van der Waals surface area contributed by atoms with E-state index < -0.39 is 0 Å². The highest BCUT2D eigenvalue weighted by Crippen LogP contribution is 2.43. The van der Waals surface area contributed by atoms with Crippen LogP contribution in [0.15, 0.2) is 59.3 Å². The molecule has 0 aliphatic rings. The van der Waals surface area contributed by atoms with Crippen LogP contribution in [0, 0.1) is 0 Å². The third-order valence-corrected chi connectivity index (χ3v) is 9.09. The summed E-state index contributed by atoms with van der Waals surface area (Å²) < 4.78 is 0. The largest absolute Gasteiger partial charge is 0.143 e. The fraction of sp³-hybridized carbons (Fsp3) is 0.273. The highest BCUT2D eigenvalue weighted by Gasteiger charge is 2.19. The maximum atomic E-state index is 2.36. The fourth-order valence-corrected chi connectivity index (χ4v) is 7.27. The standard InChI is InChI=1S/C22H22S4/c1-2-3-4-7-16(17-10-12-21(25-17)19-8-5-14-23-19)18-11-13-22(26-18)20-9-6-15-24-20/h5-6,8-16H,2-4,7H2,1H3. The third-order valence-electron chi connectivity index (χ3n) is 4.56. The first-order chi connectivity index (χ1) is 12.8. The van der Waals surface area contributed by atoms with E-state index in [1.807, 2.05) is 45.3 Å². The molecule has 0 saturated carbocycles. The smallest absolute Gasteiger partial charge is 0.0445 e. The maximum absolute atomic E-state index is 2.36. The number of rotatable bonds is 8. The van der Waals surface area contributed by atoms with Gasteiger partial charge in [-0.2, -0.15) is 0 Å². The zero-order valence-electron chi connectivity index (χ0n) is 14.8. The van der Waals surface area contributed by atoms with Crippen molar-refractivity contribution < 1.29 is 0 Å². The molecule has 4 aromatic heterocycles. The van der Waals surface area contributed by atoms with Crippen molar-refractivity contribution in [3.63, 3.8) is 0 Å². The molecule has 0 nitrogen and oxygen atoms in total. The third kappa shape index (κ3) is 4.04. The Morgan fingerprint density at radius 1 is 0.692 bits per heavy atom. The first-order valence-corrected chi connectivity index (χ1v) is 12.5. The molecule has 0 amide bonds. The molecule has 0 N–H and O–H groups in total. The molecule has 0 aliphatic heterocycles. The van der Waals surface area contributed by atoms with Crippen molar-refractivity contribution in [2.45, 2.75) is 38.5 Å². The van der Waals surface area contributed by atoms with Gasteiger partial charge in [0.2, 0.25) is 0 Å². The summed E-state index contributed by atoms with van der Waals surface area (Å²) in [6, 6.07) is 18.1. The maximum Gasteiger partial charge on any atom is 0.0445 e. The van der Waals surface area contributed by atoms with Gasteiger partial charge in [0.05, 0.1) is 0 Å². The van der Waals surface area contributed by atoms with Crippen molar-refractivity contribution in [3.05, 3.63) is 69.0 Å². The van der Waals surface area contributed by atoms with E-state index in [-0.39, 0.29) is 0 Å². The monoisotopic (exact) mass is 414 g/mol. The van der Waals surface area contributed by atoms with E-state index in [2.05, 4.69) is 66.2 Å². The number of unbranched alkanes of at least 4 members (excludes halogenated alkanes) is 2. The molecule has 4 heterocycles. The summed E-state index contributed by atoms with van der Waals surface area (Å²) in [5, 5.41) is 4.33. The second-order valence-corrected chi connectivity index (χ2v) is 10.5. The molecule has 0 unspecified atom stereocenters. The zero-order valence-corrected chi connectivity index (χ0v) is 18.1. The number of hydrogen-bond acceptors (Lipinski definition) is 4. The van der Waals surface area contributed by atoms with Crippen molar-refractivity contribution in [3.8, 4) is 19.5 Å². The first-order valence-electron chi connectivity index (χ1n) is 9.12. The van der Waals surface area contributed by atoms with Crippen molar-refractivity contribution in [2.75, 3.05) is 0 Å². The molecule has 4 rings (SSSR count). The summed E-state index contributed by atoms with van der Waals surface area (Å²) in [4.78, 5) is 8.63. The van der Waals surface area contributed by atoms with E-state index in [0.29, 0.717) is 5.92 Å². The van der Waals surface area contributed by atoms with Gasteiger partial charge in [0, 0.05) is 35.2 Å². The fourth-order valence-electron chi connectivity index (χ4n) is 3.21. The van der Waals surface area contributed by atoms with Crippen LogP contribution >= 0.6 is 45.3 Å². The average Bonchev–Trinajstić information content (AvgIpc) is 3.45. The highest BCUT2D eigenvalue weighted by molar-refractivity contribution is 7.22. The van der Waals surface area contributed by atoms with Crippen LogP contribution in [0.4, 0.5) is 0 Å². The minimum absolute atomic E-state index is 0.541. The van der Waals surface area contributed by atoms with E-state index >= 15 is 0 Å². The molecule has 4 aromatic rings. The Balaban J connectivity index is 1.62. The van der Waals surface area contributed by atoms with Crippen LogP contribution < -0.4 is 0 Å². The van der Waals surface area contributed by atoms with Crippen molar-refractivity contribution in [1.82, 2.24) is 0 Å². The predicted molar refractivity (Wildman–Crippen MR) is 121 cm³/mol. The molecule has 0 radical (unpaired) electrons. The zero-order chi connectivity index (χ0) is 17.8. The molecule has 0 spiro atoms. The van der Waals surface area contributed by atoms with E-state index in [0.717, 1.165) is 0 Å². The molecule has 0 aromatic carbocycles. The minimum atomic E-state index is 0.541. The molecule has 0 fully saturated rings. The van der Waals surface area contributed by atoms with Crippen LogP contribution in [0.25, 0.3) is 19.5 Å². The molecular formula is C22H22S4. The predicted octanol–water partition coefficient (Wildman–Crippen LogP) is 8.98. The van der Waals surface area contributed by atoms with E-state index in [4.69, 9.17) is 0 Å². The number of thiophene rings is 4. The van der Waals surface area contributed by atoms with Gasteiger partial charge in [0.25, 0.3) is 0 Å². The van der Waals surface area contributed by atoms with Gasteiger partial charge in [0.15, 0.2) is 0 Å². The number of hydrogen-bond donors (Lipinski definition) is 0. The molecule has 0 atom stereocenters. The van der Waals surface area contributed by atoms with Crippen molar-refractivity contribution in [1.29, 1.82) is 0 Å². The van der Waals surface area contributed by atoms with Crippen LogP contribution in [0.5, 0.6) is 0 Å². The lowest BCUT2D eigenvalue weighted by Crippen LogP contribution is -1.96. The summed E-state index contributed by atoms with van der Waals surface area (Å²) in [7, 11) is 0. The van der Waals surface area contributed by atoms with Crippen molar-refractivity contribution in [2.24, 2.45) is 0 Å². The highest BCUT2D eigenvalue weighted by atomic mass is 32.1. The Kier molecular flexibility index (Phi) is 6.05. The summed E-state index contributed by atoms with van der Waals surface area (Å²) in [5.74, 6) is 0.541. The molecule has 26 heavy (non-hydrogen) atoms. The quantitative estimate of drug-likeness (QED) is 0.252. The van der Waals surface area contributed by atoms with Gasteiger partial charge >= 0.3 is 0 Å². The SMILES string of the molecule is CCCCCC(c1ccc(-c2cccs2)s1)c1ccc(-c2cccs2)s1. The summed E-state index contributed by atoms with van der Waals surface area (Å²) in [5.41, 5.74) is 0. The van der Waals surface area contributed by atoms with Gasteiger partial charge in [-0.3, -0.25) is 0 Å². The Labute approximate surface area is 171 Å². The molecule has 0 bridgehead atoms. The summed E-state index contributed by atoms with van der Waals surface area (Å²) in [6.45, 7) is 2.29. The topological polar surface area (TPSA) is 0 Å². The molecule has 0 aliphatic carbocycles. The van der Waals surface area contributed by atoms with Gasteiger partial charge in [0.1, 0.15) is 0 Å². The van der Waals surface area contributed by atoms with E-state index in [9.17, 15) is 0 Å². The Hall–Kier alpha value is -1.20. The molecule has 134 valence electrons. The van der Waals surface area contributed by atoms with Crippen LogP contribution in [0.3, 0.4) is 0 Å². The summed E-state index contributed by atoms with van der Waals surface area (Å²) >= 11 is 7.63. The van der Waals surface area contributed by atoms with Crippen LogP contribution in [-0.2, 0) is 0 Å². The van der Waals surface area contributed by atoms with Gasteiger partial charge in [-0.1, -0.05) is 38.3 Å². The normalized spacial score (nSPS) is 11.5.